The summed E-state index contributed by atoms with van der Waals surface area (Å²) < 4.78 is 0. The molecule has 0 radical (unpaired) electrons. The molecule has 0 spiro atoms. The molecule has 0 aliphatic carbocycles. The molecule has 0 amide bonds. The molecule has 2 nitrogen and oxygen atoms in total. The number of nitrogens with one attached hydrogen (secondary N) is 1. The van der Waals surface area contributed by atoms with Crippen molar-refractivity contribution in [3.63, 3.8) is 0 Å². The van der Waals surface area contributed by atoms with Crippen molar-refractivity contribution in [3.8, 4) is 0 Å². The van der Waals surface area contributed by atoms with Crippen molar-refractivity contribution in [1.29, 1.82) is 0 Å². The zero-order chi connectivity index (χ0) is 11.7. The van der Waals surface area contributed by atoms with Crippen LogP contribution in [0.15, 0.2) is 30.3 Å². The fraction of sp³-hybridized carbons (Fsp3) is 0.500. The van der Waals surface area contributed by atoms with Gasteiger partial charge in [0.2, 0.25) is 0 Å². The van der Waals surface area contributed by atoms with Gasteiger partial charge in [0, 0.05) is 0 Å². The van der Waals surface area contributed by atoms with Crippen molar-refractivity contribution in [1.82, 2.24) is 5.32 Å². The summed E-state index contributed by atoms with van der Waals surface area (Å²) in [5.41, 5.74) is 1.34. The molecule has 1 aromatic rings. The van der Waals surface area contributed by atoms with E-state index in [1.807, 2.05) is 6.07 Å². The Labute approximate surface area is 108 Å². The van der Waals surface area contributed by atoms with Gasteiger partial charge in [-0.1, -0.05) is 0 Å². The second-order valence-electron chi connectivity index (χ2n) is 4.95. The quantitative estimate of drug-likeness (QED) is 0.839. The molecule has 2 aliphatic heterocycles. The Kier molecular flexibility index (Phi) is 3.32. The molecule has 1 aromatic carbocycles. The molecule has 3 atom stereocenters. The molecule has 0 aromatic heterocycles. The van der Waals surface area contributed by atoms with E-state index in [-0.39, 0.29) is 0 Å². The van der Waals surface area contributed by atoms with Crippen LogP contribution in [0, 0.1) is 11.8 Å². The average molecular weight is 294 g/mol. The minimum atomic E-state index is 0.294. The molecular formula is C14H17NOSe. The standard InChI is InChI=1S/C14H17NOSe/c16-14-11-7-15-13(12(14)9-17-8-11)6-10-4-2-1-3-5-10/h1-5,11-13,15H,6-9H2. The van der Waals surface area contributed by atoms with Crippen molar-refractivity contribution >= 4 is 20.7 Å². The number of benzene rings is 1. The van der Waals surface area contributed by atoms with Crippen LogP contribution in [-0.2, 0) is 11.2 Å². The van der Waals surface area contributed by atoms with Crippen LogP contribution >= 0.6 is 0 Å². The van der Waals surface area contributed by atoms with E-state index in [2.05, 4.69) is 29.6 Å². The summed E-state index contributed by atoms with van der Waals surface area (Å²) in [5, 5.41) is 5.89. The summed E-state index contributed by atoms with van der Waals surface area (Å²) in [4.78, 5) is 12.2. The summed E-state index contributed by atoms with van der Waals surface area (Å²) in [6.45, 7) is 0.911. The number of hydrogen-bond acceptors (Lipinski definition) is 2. The molecule has 3 rings (SSSR count). The Morgan fingerprint density at radius 2 is 2.06 bits per heavy atom. The van der Waals surface area contributed by atoms with E-state index in [0.29, 0.717) is 38.6 Å². The summed E-state index contributed by atoms with van der Waals surface area (Å²) in [5.74, 6) is 1.17. The molecule has 3 heteroatoms. The first-order valence-corrected chi connectivity index (χ1v) is 8.65. The van der Waals surface area contributed by atoms with Crippen LogP contribution in [0.2, 0.25) is 10.6 Å². The number of carbonyl (C=O) groups excluding carboxylic acids is 1. The van der Waals surface area contributed by atoms with Crippen LogP contribution in [0.4, 0.5) is 0 Å². The number of Topliss-reactive ketones (excluding diaryl/α,β-unsaturated/α-hetero) is 1. The maximum atomic E-state index is 12.2. The topological polar surface area (TPSA) is 29.1 Å². The summed E-state index contributed by atoms with van der Waals surface area (Å²) in [6, 6.07) is 10.9. The molecule has 17 heavy (non-hydrogen) atoms. The van der Waals surface area contributed by atoms with Crippen molar-refractivity contribution in [2.45, 2.75) is 23.1 Å². The SMILES string of the molecule is O=C1C2CNC(Cc3ccccc3)C1C[Se]C2. The molecule has 2 bridgehead atoms. The predicted molar refractivity (Wildman–Crippen MR) is 69.3 cm³/mol. The Morgan fingerprint density at radius 3 is 2.88 bits per heavy atom. The molecule has 90 valence electrons. The van der Waals surface area contributed by atoms with E-state index in [1.165, 1.54) is 5.56 Å². The van der Waals surface area contributed by atoms with Crippen LogP contribution in [0.25, 0.3) is 0 Å². The molecule has 2 heterocycles. The number of hydrogen-bond donors (Lipinski definition) is 1. The van der Waals surface area contributed by atoms with Crippen LogP contribution in [0.3, 0.4) is 0 Å². The second kappa shape index (κ2) is 4.93. The van der Waals surface area contributed by atoms with Crippen molar-refractivity contribution in [2.75, 3.05) is 6.54 Å². The Bertz CT molecular complexity index is 406. The first-order valence-electron chi connectivity index (χ1n) is 6.23. The monoisotopic (exact) mass is 295 g/mol. The average Bonchev–Trinajstić information content (AvgIpc) is 2.34. The number of ketones is 1. The van der Waals surface area contributed by atoms with Crippen LogP contribution in [0.5, 0.6) is 0 Å². The van der Waals surface area contributed by atoms with Gasteiger partial charge in [0.15, 0.2) is 0 Å². The molecular weight excluding hydrogens is 277 g/mol. The van der Waals surface area contributed by atoms with E-state index >= 15 is 0 Å². The Morgan fingerprint density at radius 1 is 1.24 bits per heavy atom. The van der Waals surface area contributed by atoms with Gasteiger partial charge in [0.05, 0.1) is 0 Å². The fourth-order valence-electron chi connectivity index (χ4n) is 2.80. The van der Waals surface area contributed by atoms with Gasteiger partial charge in [-0.3, -0.25) is 0 Å². The summed E-state index contributed by atoms with van der Waals surface area (Å²) in [7, 11) is 0. The van der Waals surface area contributed by atoms with Crippen LogP contribution in [-0.4, -0.2) is 33.3 Å². The van der Waals surface area contributed by atoms with Gasteiger partial charge >= 0.3 is 108 Å². The van der Waals surface area contributed by atoms with Gasteiger partial charge in [0.1, 0.15) is 0 Å². The van der Waals surface area contributed by atoms with E-state index in [9.17, 15) is 4.79 Å². The van der Waals surface area contributed by atoms with E-state index in [0.717, 1.165) is 23.6 Å². The third-order valence-electron chi connectivity index (χ3n) is 3.79. The van der Waals surface area contributed by atoms with Crippen LogP contribution in [0.1, 0.15) is 5.56 Å². The normalized spacial score (nSPS) is 32.5. The van der Waals surface area contributed by atoms with Gasteiger partial charge in [-0.15, -0.1) is 0 Å². The number of carbonyl (C=O) groups is 1. The second-order valence-corrected chi connectivity index (χ2v) is 7.20. The van der Waals surface area contributed by atoms with E-state index < -0.39 is 0 Å². The van der Waals surface area contributed by atoms with Gasteiger partial charge < -0.3 is 0 Å². The summed E-state index contributed by atoms with van der Waals surface area (Å²) >= 11 is 0.695. The van der Waals surface area contributed by atoms with Gasteiger partial charge in [-0.05, 0) is 0 Å². The van der Waals surface area contributed by atoms with Gasteiger partial charge in [0.25, 0.3) is 0 Å². The fourth-order valence-corrected chi connectivity index (χ4v) is 5.64. The molecule has 3 unspecified atom stereocenters. The van der Waals surface area contributed by atoms with Gasteiger partial charge in [-0.25, -0.2) is 0 Å². The number of piperidine rings is 1. The summed E-state index contributed by atoms with van der Waals surface area (Å²) in [6.07, 6.45) is 1.00. The third-order valence-corrected chi connectivity index (χ3v) is 6.38. The van der Waals surface area contributed by atoms with Gasteiger partial charge in [-0.2, -0.15) is 0 Å². The van der Waals surface area contributed by atoms with E-state index in [4.69, 9.17) is 0 Å². The van der Waals surface area contributed by atoms with E-state index in [1.54, 1.807) is 0 Å². The number of fused-ring (bicyclic) bond motifs is 2. The first kappa shape index (κ1) is 11.5. The minimum absolute atomic E-state index is 0.294. The van der Waals surface area contributed by atoms with Crippen molar-refractivity contribution in [3.05, 3.63) is 35.9 Å². The molecule has 2 fully saturated rings. The first-order chi connectivity index (χ1) is 8.34. The Hall–Kier alpha value is -0.631. The third kappa shape index (κ3) is 2.33. The van der Waals surface area contributed by atoms with Crippen LogP contribution < -0.4 is 5.32 Å². The zero-order valence-electron chi connectivity index (χ0n) is 9.76. The number of rotatable bonds is 2. The predicted octanol–water partition coefficient (Wildman–Crippen LogP) is 1.56. The Balaban J connectivity index is 1.73. The van der Waals surface area contributed by atoms with Crippen molar-refractivity contribution in [2.24, 2.45) is 11.8 Å². The maximum absolute atomic E-state index is 12.2. The zero-order valence-corrected chi connectivity index (χ0v) is 11.5. The molecule has 0 saturated carbocycles. The molecule has 2 saturated heterocycles. The van der Waals surface area contributed by atoms with Crippen molar-refractivity contribution < 1.29 is 4.79 Å². The molecule has 2 aliphatic rings. The molecule has 1 N–H and O–H groups in total.